The van der Waals surface area contributed by atoms with Crippen LogP contribution >= 0.6 is 0 Å². The molecule has 174 valence electrons. The van der Waals surface area contributed by atoms with Gasteiger partial charge < -0.3 is 14.2 Å². The number of benzene rings is 1. The lowest BCUT2D eigenvalue weighted by Crippen LogP contribution is -2.14. The molecule has 1 atom stereocenters. The van der Waals surface area contributed by atoms with Crippen molar-refractivity contribution >= 4 is 5.97 Å². The molecular formula is C24H25F2N3O4. The summed E-state index contributed by atoms with van der Waals surface area (Å²) in [6.07, 6.45) is 1.98. The fourth-order valence-corrected chi connectivity index (χ4v) is 4.21. The van der Waals surface area contributed by atoms with Crippen LogP contribution in [0.5, 0.6) is 5.88 Å². The fraction of sp³-hybridized carbons (Fsp3) is 0.375. The third-order valence-electron chi connectivity index (χ3n) is 5.71. The second-order valence-corrected chi connectivity index (χ2v) is 7.84. The third kappa shape index (κ3) is 4.20. The molecule has 0 N–H and O–H groups in total. The summed E-state index contributed by atoms with van der Waals surface area (Å²) in [4.78, 5) is 16.9. The van der Waals surface area contributed by atoms with Gasteiger partial charge in [0.15, 0.2) is 0 Å². The van der Waals surface area contributed by atoms with Crippen LogP contribution in [0, 0.1) is 25.5 Å². The number of nitrogens with zero attached hydrogens (tertiary/aromatic N) is 3. The first kappa shape index (κ1) is 22.8. The summed E-state index contributed by atoms with van der Waals surface area (Å²) in [6, 6.07) is 3.70. The molecular weight excluding hydrogens is 432 g/mol. The van der Waals surface area contributed by atoms with E-state index in [2.05, 4.69) is 10.1 Å². The number of hydrogen-bond donors (Lipinski definition) is 0. The average Bonchev–Trinajstić information content (AvgIpc) is 3.45. The topological polar surface area (TPSA) is 75.5 Å². The van der Waals surface area contributed by atoms with Crippen molar-refractivity contribution in [3.05, 3.63) is 52.9 Å². The van der Waals surface area contributed by atoms with Crippen LogP contribution in [0.25, 0.3) is 22.4 Å². The molecule has 9 heteroatoms. The average molecular weight is 457 g/mol. The van der Waals surface area contributed by atoms with Gasteiger partial charge in [-0.05, 0) is 44.9 Å². The molecule has 3 heterocycles. The van der Waals surface area contributed by atoms with Crippen LogP contribution in [0.1, 0.15) is 41.0 Å². The molecule has 0 amide bonds. The summed E-state index contributed by atoms with van der Waals surface area (Å²) in [5, 5.41) is 4.30. The Labute approximate surface area is 190 Å². The maximum absolute atomic E-state index is 15.5. The minimum absolute atomic E-state index is 0.0690. The number of aryl methyl sites for hydroxylation is 2. The number of rotatable bonds is 6. The molecule has 4 rings (SSSR count). The van der Waals surface area contributed by atoms with Crippen molar-refractivity contribution < 1.29 is 27.8 Å². The van der Waals surface area contributed by atoms with E-state index in [0.29, 0.717) is 42.3 Å². The van der Waals surface area contributed by atoms with Crippen LogP contribution in [-0.2, 0) is 9.47 Å². The highest BCUT2D eigenvalue weighted by molar-refractivity contribution is 5.96. The van der Waals surface area contributed by atoms with Crippen LogP contribution < -0.4 is 4.74 Å². The molecule has 0 bridgehead atoms. The van der Waals surface area contributed by atoms with E-state index in [4.69, 9.17) is 14.2 Å². The van der Waals surface area contributed by atoms with Gasteiger partial charge in [0.05, 0.1) is 38.3 Å². The molecule has 7 nitrogen and oxygen atoms in total. The predicted octanol–water partition coefficient (Wildman–Crippen LogP) is 4.65. The molecule has 33 heavy (non-hydrogen) atoms. The number of ether oxygens (including phenoxy) is 3. The van der Waals surface area contributed by atoms with Gasteiger partial charge in [-0.2, -0.15) is 5.10 Å². The highest BCUT2D eigenvalue weighted by Crippen LogP contribution is 2.37. The van der Waals surface area contributed by atoms with Crippen molar-refractivity contribution in [1.29, 1.82) is 0 Å². The van der Waals surface area contributed by atoms with Crippen LogP contribution in [0.4, 0.5) is 8.78 Å². The first-order valence-electron chi connectivity index (χ1n) is 10.7. The van der Waals surface area contributed by atoms with E-state index < -0.39 is 17.6 Å². The summed E-state index contributed by atoms with van der Waals surface area (Å²) in [5.74, 6) is -1.58. The van der Waals surface area contributed by atoms with Gasteiger partial charge in [-0.1, -0.05) is 0 Å². The summed E-state index contributed by atoms with van der Waals surface area (Å²) < 4.78 is 48.2. The summed E-state index contributed by atoms with van der Waals surface area (Å²) >= 11 is 0. The summed E-state index contributed by atoms with van der Waals surface area (Å²) in [7, 11) is 1.50. The van der Waals surface area contributed by atoms with Gasteiger partial charge in [-0.25, -0.2) is 18.6 Å². The Kier molecular flexibility index (Phi) is 6.42. The van der Waals surface area contributed by atoms with E-state index >= 15 is 8.78 Å². The second-order valence-electron chi connectivity index (χ2n) is 7.84. The Morgan fingerprint density at radius 1 is 1.21 bits per heavy atom. The van der Waals surface area contributed by atoms with Crippen LogP contribution in [0.3, 0.4) is 0 Å². The molecule has 2 aromatic heterocycles. The second kappa shape index (κ2) is 9.27. The highest BCUT2D eigenvalue weighted by Gasteiger charge is 2.29. The Balaban J connectivity index is 1.87. The number of carbonyl (C=O) groups excluding carboxylic acids is 1. The summed E-state index contributed by atoms with van der Waals surface area (Å²) in [6.45, 7) is 6.21. The fourth-order valence-electron chi connectivity index (χ4n) is 4.21. The normalized spacial score (nSPS) is 15.6. The van der Waals surface area contributed by atoms with E-state index in [1.807, 2.05) is 0 Å². The van der Waals surface area contributed by atoms with Gasteiger partial charge in [-0.15, -0.1) is 0 Å². The number of aromatic nitrogens is 3. The number of carbonyl (C=O) groups is 1. The molecule has 1 fully saturated rings. The van der Waals surface area contributed by atoms with Crippen LogP contribution in [-0.4, -0.2) is 47.7 Å². The molecule has 1 aliphatic rings. The van der Waals surface area contributed by atoms with Crippen molar-refractivity contribution in [2.45, 2.75) is 33.2 Å². The zero-order chi connectivity index (χ0) is 23.7. The van der Waals surface area contributed by atoms with Crippen molar-refractivity contribution in [2.75, 3.05) is 26.9 Å². The molecule has 0 radical (unpaired) electrons. The van der Waals surface area contributed by atoms with Gasteiger partial charge in [0, 0.05) is 35.1 Å². The van der Waals surface area contributed by atoms with Gasteiger partial charge in [0.25, 0.3) is 0 Å². The quantitative estimate of drug-likeness (QED) is 0.502. The van der Waals surface area contributed by atoms with Gasteiger partial charge in [-0.3, -0.25) is 4.68 Å². The standard InChI is InChI=1S/C24H25F2N3O4/c1-5-33-24(30)18-11-27-29(15-6-7-32-12-15)23(18)17-10-19(25)16(9-20(17)26)22-13(2)8-21(31-4)28-14(22)3/h8-11,15H,5-7,12H2,1-4H3/t15-/m0/s1. The molecule has 0 spiro atoms. The number of pyridine rings is 1. The molecule has 1 saturated heterocycles. The van der Waals surface area contributed by atoms with E-state index in [1.54, 1.807) is 26.8 Å². The van der Waals surface area contributed by atoms with Crippen molar-refractivity contribution in [3.8, 4) is 28.3 Å². The lowest BCUT2D eigenvalue weighted by molar-refractivity contribution is 0.0527. The van der Waals surface area contributed by atoms with E-state index in [0.717, 1.165) is 12.1 Å². The molecule has 1 aromatic carbocycles. The first-order chi connectivity index (χ1) is 15.8. The molecule has 0 unspecified atom stereocenters. The number of hydrogen-bond acceptors (Lipinski definition) is 6. The Morgan fingerprint density at radius 3 is 2.58 bits per heavy atom. The third-order valence-corrected chi connectivity index (χ3v) is 5.71. The molecule has 3 aromatic rings. The lowest BCUT2D eigenvalue weighted by atomic mass is 9.96. The van der Waals surface area contributed by atoms with Gasteiger partial charge in [0.1, 0.15) is 17.2 Å². The zero-order valence-electron chi connectivity index (χ0n) is 18.9. The first-order valence-corrected chi connectivity index (χ1v) is 10.7. The van der Waals surface area contributed by atoms with E-state index in [-0.39, 0.29) is 35.0 Å². The molecule has 1 aliphatic heterocycles. The highest BCUT2D eigenvalue weighted by atomic mass is 19.1. The molecule has 0 aliphatic carbocycles. The smallest absolute Gasteiger partial charge is 0.341 e. The maximum atomic E-state index is 15.5. The number of esters is 1. The lowest BCUT2D eigenvalue weighted by Gasteiger charge is -2.17. The van der Waals surface area contributed by atoms with E-state index in [9.17, 15) is 4.79 Å². The Bertz CT molecular complexity index is 1180. The van der Waals surface area contributed by atoms with Gasteiger partial charge in [0.2, 0.25) is 5.88 Å². The number of halogens is 2. The Morgan fingerprint density at radius 2 is 1.94 bits per heavy atom. The predicted molar refractivity (Wildman–Crippen MR) is 117 cm³/mol. The Hall–Kier alpha value is -3.33. The van der Waals surface area contributed by atoms with E-state index in [1.165, 1.54) is 18.0 Å². The van der Waals surface area contributed by atoms with Crippen molar-refractivity contribution in [3.63, 3.8) is 0 Å². The zero-order valence-corrected chi connectivity index (χ0v) is 18.9. The monoisotopic (exact) mass is 457 g/mol. The maximum Gasteiger partial charge on any atom is 0.341 e. The molecule has 0 saturated carbocycles. The van der Waals surface area contributed by atoms with Gasteiger partial charge >= 0.3 is 5.97 Å². The van der Waals surface area contributed by atoms with Crippen LogP contribution in [0.2, 0.25) is 0 Å². The largest absolute Gasteiger partial charge is 0.481 e. The van der Waals surface area contributed by atoms with Crippen molar-refractivity contribution in [1.82, 2.24) is 14.8 Å². The van der Waals surface area contributed by atoms with Crippen molar-refractivity contribution in [2.24, 2.45) is 0 Å². The number of methoxy groups -OCH3 is 1. The van der Waals surface area contributed by atoms with Crippen LogP contribution in [0.15, 0.2) is 24.4 Å². The summed E-state index contributed by atoms with van der Waals surface area (Å²) in [5.41, 5.74) is 1.96. The SMILES string of the molecule is CCOC(=O)c1cnn([C@H]2CCOC2)c1-c1cc(F)c(-c2c(C)cc(OC)nc2C)cc1F. The minimum Gasteiger partial charge on any atom is -0.481 e. The minimum atomic E-state index is -0.688.